The molecule has 1 amide bonds. The number of ether oxygens (including phenoxy) is 4. The van der Waals surface area contributed by atoms with Crippen LogP contribution in [0.2, 0.25) is 0 Å². The fourth-order valence-corrected chi connectivity index (χ4v) is 4.22. The van der Waals surface area contributed by atoms with E-state index in [2.05, 4.69) is 15.3 Å². The first-order chi connectivity index (χ1) is 16.2. The fraction of sp³-hybridized carbons (Fsp3) is 0.500. The number of fused-ring (bicyclic) bond motifs is 3. The van der Waals surface area contributed by atoms with Gasteiger partial charge in [0.2, 0.25) is 5.91 Å². The van der Waals surface area contributed by atoms with Crippen LogP contribution < -0.4 is 5.32 Å². The first-order valence-electron chi connectivity index (χ1n) is 10.3. The maximum absolute atomic E-state index is 12.1. The van der Waals surface area contributed by atoms with Crippen LogP contribution in [-0.2, 0) is 38.1 Å². The molecule has 14 heteroatoms. The van der Waals surface area contributed by atoms with Gasteiger partial charge in [0.05, 0.1) is 18.5 Å². The number of carbonyl (C=O) groups excluding carboxylic acids is 4. The summed E-state index contributed by atoms with van der Waals surface area (Å²) in [5.74, 6) is -1.74. The number of rotatable bonds is 6. The molecule has 4 heterocycles. The molecule has 0 unspecified atom stereocenters. The van der Waals surface area contributed by atoms with E-state index in [4.69, 9.17) is 30.5 Å². The number of alkyl halides is 1. The third-order valence-electron chi connectivity index (χ3n) is 5.30. The molecule has 182 valence electrons. The minimum Gasteiger partial charge on any atom is -0.463 e. The number of halogens is 1. The minimum absolute atomic E-state index is 0.0914. The molecule has 1 saturated heterocycles. The zero-order chi connectivity index (χ0) is 24.6. The van der Waals surface area contributed by atoms with E-state index >= 15 is 0 Å². The Balaban J connectivity index is 1.70. The Kier molecular flexibility index (Phi) is 6.57. The predicted molar refractivity (Wildman–Crippen MR) is 114 cm³/mol. The Morgan fingerprint density at radius 3 is 2.50 bits per heavy atom. The summed E-state index contributed by atoms with van der Waals surface area (Å²) in [5, 5.41) is 2.79. The van der Waals surface area contributed by atoms with Gasteiger partial charge in [0.25, 0.3) is 0 Å². The first-order valence-corrected chi connectivity index (χ1v) is 10.8. The lowest BCUT2D eigenvalue weighted by atomic mass is 10.1. The highest BCUT2D eigenvalue weighted by atomic mass is 35.5. The lowest BCUT2D eigenvalue weighted by Gasteiger charge is -2.36. The van der Waals surface area contributed by atoms with Crippen LogP contribution >= 0.6 is 11.6 Å². The highest BCUT2D eigenvalue weighted by molar-refractivity contribution is 6.20. The van der Waals surface area contributed by atoms with Gasteiger partial charge in [-0.25, -0.2) is 9.98 Å². The smallest absolute Gasteiger partial charge is 0.303 e. The summed E-state index contributed by atoms with van der Waals surface area (Å²) in [6.07, 6.45) is -0.473. The van der Waals surface area contributed by atoms with Crippen molar-refractivity contribution in [3.8, 4) is 0 Å². The average Bonchev–Trinajstić information content (AvgIpc) is 3.33. The van der Waals surface area contributed by atoms with E-state index in [0.29, 0.717) is 17.2 Å². The normalized spacial score (nSPS) is 27.3. The molecule has 3 aliphatic heterocycles. The number of esters is 3. The fourth-order valence-electron chi connectivity index (χ4n) is 4.00. The number of nitrogens with zero attached hydrogens (tertiary/aromatic N) is 4. The van der Waals surface area contributed by atoms with Crippen LogP contribution in [0.4, 0.5) is 5.82 Å². The van der Waals surface area contributed by atoms with Crippen LogP contribution in [0, 0.1) is 0 Å². The first kappa shape index (κ1) is 23.7. The number of aromatic nitrogens is 2. The summed E-state index contributed by atoms with van der Waals surface area (Å²) in [5.41, 5.74) is 0.954. The summed E-state index contributed by atoms with van der Waals surface area (Å²) in [6, 6.07) is 0. The van der Waals surface area contributed by atoms with Crippen molar-refractivity contribution in [1.82, 2.24) is 19.8 Å². The summed E-state index contributed by atoms with van der Waals surface area (Å²) in [4.78, 5) is 57.6. The van der Waals surface area contributed by atoms with Gasteiger partial charge in [-0.15, -0.1) is 11.6 Å². The number of carbonyl (C=O) groups is 4. The third-order valence-corrected chi connectivity index (χ3v) is 5.57. The molecule has 1 aromatic rings. The lowest BCUT2D eigenvalue weighted by molar-refractivity contribution is -0.166. The number of hydrogen-bond acceptors (Lipinski definition) is 11. The van der Waals surface area contributed by atoms with Gasteiger partial charge in [0, 0.05) is 32.5 Å². The van der Waals surface area contributed by atoms with Crippen molar-refractivity contribution in [2.45, 2.75) is 51.5 Å². The van der Waals surface area contributed by atoms with E-state index in [-0.39, 0.29) is 18.4 Å². The highest BCUT2D eigenvalue weighted by Crippen LogP contribution is 2.41. The quantitative estimate of drug-likeness (QED) is 0.334. The van der Waals surface area contributed by atoms with E-state index in [1.807, 2.05) is 0 Å². The summed E-state index contributed by atoms with van der Waals surface area (Å²) >= 11 is 5.97. The van der Waals surface area contributed by atoms with Gasteiger partial charge >= 0.3 is 17.9 Å². The number of nitrogens with one attached hydrogen (secondary N) is 1. The van der Waals surface area contributed by atoms with Crippen molar-refractivity contribution >= 4 is 47.6 Å². The number of amides is 1. The van der Waals surface area contributed by atoms with Gasteiger partial charge in [0.1, 0.15) is 18.4 Å². The molecule has 34 heavy (non-hydrogen) atoms. The van der Waals surface area contributed by atoms with Crippen molar-refractivity contribution in [2.24, 2.45) is 4.99 Å². The second-order valence-electron chi connectivity index (χ2n) is 7.71. The highest BCUT2D eigenvalue weighted by Gasteiger charge is 2.51. The topological polar surface area (TPSA) is 151 Å². The van der Waals surface area contributed by atoms with Crippen molar-refractivity contribution in [2.75, 3.05) is 12.5 Å². The lowest BCUT2D eigenvalue weighted by Crippen LogP contribution is -2.45. The maximum atomic E-state index is 12.1. The predicted octanol–water partition coefficient (Wildman–Crippen LogP) is 0.433. The third kappa shape index (κ3) is 4.48. The van der Waals surface area contributed by atoms with Gasteiger partial charge in [-0.1, -0.05) is 0 Å². The number of aliphatic imine (C=N–C) groups is 1. The van der Waals surface area contributed by atoms with E-state index in [0.717, 1.165) is 0 Å². The zero-order valence-corrected chi connectivity index (χ0v) is 19.2. The number of allylic oxidation sites excluding steroid dienone is 1. The van der Waals surface area contributed by atoms with Crippen molar-refractivity contribution in [3.63, 3.8) is 0 Å². The standard InChI is InChI=1S/C20H22ClN5O8/c1-9(27)31-6-13-16(32-10(2)28)17(33-11(3)29)20(34-13)26-7-22-15-18(26)23-8-25-12(5-21)4-14(30)24-19(15)25/h4,7-8,13,16-17,19-20H,5-6H2,1-3H3,(H,24,30)/t13-,16-,17+,19+,20-/m1/s1. The van der Waals surface area contributed by atoms with Gasteiger partial charge in [-0.3, -0.25) is 23.7 Å². The molecule has 0 bridgehead atoms. The monoisotopic (exact) mass is 495 g/mol. The van der Waals surface area contributed by atoms with E-state index in [1.54, 1.807) is 4.90 Å². The summed E-state index contributed by atoms with van der Waals surface area (Å²) < 4.78 is 23.4. The van der Waals surface area contributed by atoms with E-state index < -0.39 is 48.6 Å². The van der Waals surface area contributed by atoms with Gasteiger partial charge in [0.15, 0.2) is 30.4 Å². The van der Waals surface area contributed by atoms with Gasteiger partial charge in [-0.05, 0) is 0 Å². The molecule has 0 spiro atoms. The van der Waals surface area contributed by atoms with Crippen LogP contribution in [0.1, 0.15) is 38.9 Å². The van der Waals surface area contributed by atoms with E-state index in [1.165, 1.54) is 44.1 Å². The Morgan fingerprint density at radius 2 is 1.85 bits per heavy atom. The molecule has 0 radical (unpaired) electrons. The Bertz CT molecular complexity index is 1090. The Hall–Kier alpha value is -3.45. The molecule has 0 aromatic carbocycles. The molecule has 13 nitrogen and oxygen atoms in total. The average molecular weight is 496 g/mol. The van der Waals surface area contributed by atoms with Crippen LogP contribution in [0.15, 0.2) is 23.1 Å². The van der Waals surface area contributed by atoms with Crippen molar-refractivity contribution in [3.05, 3.63) is 23.8 Å². The molecule has 0 saturated carbocycles. The second-order valence-corrected chi connectivity index (χ2v) is 7.98. The molecule has 5 atom stereocenters. The summed E-state index contributed by atoms with van der Waals surface area (Å²) in [7, 11) is 0. The zero-order valence-electron chi connectivity index (χ0n) is 18.5. The Labute approximate surface area is 198 Å². The maximum Gasteiger partial charge on any atom is 0.303 e. The molecular weight excluding hydrogens is 474 g/mol. The number of hydrogen-bond donors (Lipinski definition) is 1. The molecular formula is C20H22ClN5O8. The van der Waals surface area contributed by atoms with Crippen LogP contribution in [0.25, 0.3) is 0 Å². The van der Waals surface area contributed by atoms with Crippen LogP contribution in [-0.4, -0.2) is 75.4 Å². The van der Waals surface area contributed by atoms with Crippen molar-refractivity contribution in [1.29, 1.82) is 0 Å². The van der Waals surface area contributed by atoms with Crippen LogP contribution in [0.3, 0.4) is 0 Å². The SMILES string of the molecule is CC(=O)OC[C@H]1O[C@@H](n2cnc3c2N=CN2C(CCl)=CC(=O)N[C@H]32)[C@@H](OC(C)=O)[C@@H]1OC(C)=O. The molecule has 1 aromatic heterocycles. The van der Waals surface area contributed by atoms with Crippen molar-refractivity contribution < 1.29 is 38.1 Å². The minimum atomic E-state index is -1.09. The molecule has 4 rings (SSSR count). The van der Waals surface area contributed by atoms with Gasteiger partial charge < -0.3 is 29.2 Å². The largest absolute Gasteiger partial charge is 0.463 e. The summed E-state index contributed by atoms with van der Waals surface area (Å²) in [6.45, 7) is 3.40. The molecule has 1 N–H and O–H groups in total. The van der Waals surface area contributed by atoms with E-state index in [9.17, 15) is 19.2 Å². The van der Waals surface area contributed by atoms with Gasteiger partial charge in [-0.2, -0.15) is 0 Å². The second kappa shape index (κ2) is 9.43. The number of imidazole rings is 1. The molecule has 0 aliphatic carbocycles. The Morgan fingerprint density at radius 1 is 1.15 bits per heavy atom. The van der Waals surface area contributed by atoms with Crippen LogP contribution in [0.5, 0.6) is 0 Å². The molecule has 3 aliphatic rings. The molecule has 1 fully saturated rings.